The van der Waals surface area contributed by atoms with E-state index in [1.807, 2.05) is 19.2 Å². The minimum absolute atomic E-state index is 0.249. The van der Waals surface area contributed by atoms with Crippen molar-refractivity contribution in [3.63, 3.8) is 0 Å². The van der Waals surface area contributed by atoms with Crippen LogP contribution in [0.5, 0.6) is 0 Å². The highest BCUT2D eigenvalue weighted by molar-refractivity contribution is 9.10. The summed E-state index contributed by atoms with van der Waals surface area (Å²) in [7, 11) is 1.97. The van der Waals surface area contributed by atoms with Gasteiger partial charge in [0.05, 0.1) is 0 Å². The first-order valence-corrected chi connectivity index (χ1v) is 7.40. The molecule has 0 radical (unpaired) electrons. The fourth-order valence-corrected chi connectivity index (χ4v) is 3.16. The Morgan fingerprint density at radius 2 is 2.24 bits per heavy atom. The summed E-state index contributed by atoms with van der Waals surface area (Å²) in [6.07, 6.45) is 0.963. The SMILES string of the molecule is CNC(Cc1cccs1)c1cc(Br)ccc1Cl. The largest absolute Gasteiger partial charge is 0.313 e. The van der Waals surface area contributed by atoms with Gasteiger partial charge in [0.25, 0.3) is 0 Å². The second kappa shape index (κ2) is 6.01. The number of hydrogen-bond acceptors (Lipinski definition) is 2. The topological polar surface area (TPSA) is 12.0 Å². The third kappa shape index (κ3) is 3.32. The Balaban J connectivity index is 2.25. The van der Waals surface area contributed by atoms with Crippen molar-refractivity contribution in [3.8, 4) is 0 Å². The molecular formula is C13H13BrClNS. The molecule has 0 spiro atoms. The summed E-state index contributed by atoms with van der Waals surface area (Å²) in [5.41, 5.74) is 1.14. The van der Waals surface area contributed by atoms with E-state index >= 15 is 0 Å². The van der Waals surface area contributed by atoms with Crippen LogP contribution in [0.2, 0.25) is 5.02 Å². The molecule has 17 heavy (non-hydrogen) atoms. The summed E-state index contributed by atoms with van der Waals surface area (Å²) in [6, 6.07) is 10.5. The maximum Gasteiger partial charge on any atom is 0.0454 e. The van der Waals surface area contributed by atoms with Crippen molar-refractivity contribution in [3.05, 3.63) is 55.6 Å². The highest BCUT2D eigenvalue weighted by atomic mass is 79.9. The molecule has 0 saturated carbocycles. The maximum absolute atomic E-state index is 6.25. The van der Waals surface area contributed by atoms with Gasteiger partial charge in [-0.25, -0.2) is 0 Å². The fraction of sp³-hybridized carbons (Fsp3) is 0.231. The van der Waals surface area contributed by atoms with E-state index in [1.165, 1.54) is 4.88 Å². The van der Waals surface area contributed by atoms with E-state index in [0.717, 1.165) is 21.5 Å². The normalized spacial score (nSPS) is 12.6. The van der Waals surface area contributed by atoms with Crippen LogP contribution in [0.1, 0.15) is 16.5 Å². The Morgan fingerprint density at radius 1 is 1.41 bits per heavy atom. The van der Waals surface area contributed by atoms with Crippen molar-refractivity contribution in [2.45, 2.75) is 12.5 Å². The van der Waals surface area contributed by atoms with Gasteiger partial charge in [-0.05, 0) is 42.3 Å². The highest BCUT2D eigenvalue weighted by Gasteiger charge is 2.14. The molecule has 2 rings (SSSR count). The summed E-state index contributed by atoms with van der Waals surface area (Å²) in [6.45, 7) is 0. The monoisotopic (exact) mass is 329 g/mol. The molecule has 90 valence electrons. The molecule has 1 atom stereocenters. The van der Waals surface area contributed by atoms with E-state index < -0.39 is 0 Å². The average Bonchev–Trinajstić information content (AvgIpc) is 2.82. The molecule has 1 aromatic carbocycles. The van der Waals surface area contributed by atoms with Crippen LogP contribution in [-0.2, 0) is 6.42 Å². The molecular weight excluding hydrogens is 318 g/mol. The van der Waals surface area contributed by atoms with Gasteiger partial charge in [0.15, 0.2) is 0 Å². The van der Waals surface area contributed by atoms with E-state index in [1.54, 1.807) is 11.3 Å². The van der Waals surface area contributed by atoms with Crippen LogP contribution in [0, 0.1) is 0 Å². The first-order valence-electron chi connectivity index (χ1n) is 5.35. The van der Waals surface area contributed by atoms with Gasteiger partial charge in [0.2, 0.25) is 0 Å². The van der Waals surface area contributed by atoms with Gasteiger partial charge in [0, 0.05) is 26.8 Å². The van der Waals surface area contributed by atoms with Gasteiger partial charge in [-0.1, -0.05) is 33.6 Å². The number of halogens is 2. The Morgan fingerprint density at radius 3 is 2.88 bits per heavy atom. The van der Waals surface area contributed by atoms with Crippen molar-refractivity contribution >= 4 is 38.9 Å². The Bertz CT molecular complexity index is 484. The van der Waals surface area contributed by atoms with Crippen LogP contribution in [0.3, 0.4) is 0 Å². The first kappa shape index (κ1) is 13.1. The van der Waals surface area contributed by atoms with Crippen molar-refractivity contribution in [2.75, 3.05) is 7.05 Å². The van der Waals surface area contributed by atoms with Crippen molar-refractivity contribution in [1.82, 2.24) is 5.32 Å². The van der Waals surface area contributed by atoms with E-state index in [-0.39, 0.29) is 6.04 Å². The molecule has 4 heteroatoms. The van der Waals surface area contributed by atoms with Crippen LogP contribution in [-0.4, -0.2) is 7.05 Å². The summed E-state index contributed by atoms with van der Waals surface area (Å²) < 4.78 is 1.06. The van der Waals surface area contributed by atoms with E-state index in [0.29, 0.717) is 0 Å². The first-order chi connectivity index (χ1) is 8.20. The smallest absolute Gasteiger partial charge is 0.0454 e. The lowest BCUT2D eigenvalue weighted by atomic mass is 10.0. The molecule has 1 heterocycles. The lowest BCUT2D eigenvalue weighted by Gasteiger charge is -2.17. The number of thiophene rings is 1. The van der Waals surface area contributed by atoms with Gasteiger partial charge in [-0.15, -0.1) is 11.3 Å². The Labute approximate surface area is 119 Å². The molecule has 2 aromatic rings. The molecule has 0 aliphatic heterocycles. The standard InChI is InChI=1S/C13H13BrClNS/c1-16-13(8-10-3-2-6-17-10)11-7-9(14)4-5-12(11)15/h2-7,13,16H,8H2,1H3. The maximum atomic E-state index is 6.25. The molecule has 1 N–H and O–H groups in total. The number of rotatable bonds is 4. The Hall–Kier alpha value is -0.350. The number of nitrogens with one attached hydrogen (secondary N) is 1. The second-order valence-electron chi connectivity index (χ2n) is 3.79. The molecule has 0 aliphatic carbocycles. The lowest BCUT2D eigenvalue weighted by molar-refractivity contribution is 0.596. The van der Waals surface area contributed by atoms with Gasteiger partial charge < -0.3 is 5.32 Å². The zero-order chi connectivity index (χ0) is 12.3. The quantitative estimate of drug-likeness (QED) is 0.859. The zero-order valence-electron chi connectivity index (χ0n) is 9.41. The van der Waals surface area contributed by atoms with Crippen LogP contribution in [0.15, 0.2) is 40.2 Å². The minimum Gasteiger partial charge on any atom is -0.313 e. The van der Waals surface area contributed by atoms with Crippen molar-refractivity contribution in [2.24, 2.45) is 0 Å². The van der Waals surface area contributed by atoms with Crippen molar-refractivity contribution in [1.29, 1.82) is 0 Å². The second-order valence-corrected chi connectivity index (χ2v) is 6.15. The number of likely N-dealkylation sites (N-methyl/N-ethyl adjacent to an activating group) is 1. The van der Waals surface area contributed by atoms with E-state index in [9.17, 15) is 0 Å². The number of hydrogen-bond donors (Lipinski definition) is 1. The Kier molecular flexibility index (Phi) is 4.62. The molecule has 0 amide bonds. The third-order valence-corrected chi connectivity index (χ3v) is 4.40. The summed E-state index contributed by atoms with van der Waals surface area (Å²) in [5.74, 6) is 0. The van der Waals surface area contributed by atoms with Gasteiger partial charge >= 0.3 is 0 Å². The zero-order valence-corrected chi connectivity index (χ0v) is 12.6. The van der Waals surface area contributed by atoms with E-state index in [4.69, 9.17) is 11.6 Å². The third-order valence-electron chi connectivity index (χ3n) is 2.67. The van der Waals surface area contributed by atoms with Crippen LogP contribution in [0.4, 0.5) is 0 Å². The van der Waals surface area contributed by atoms with E-state index in [2.05, 4.69) is 44.8 Å². The summed E-state index contributed by atoms with van der Waals surface area (Å²) >= 11 is 11.5. The predicted molar refractivity (Wildman–Crippen MR) is 79.0 cm³/mol. The number of benzene rings is 1. The molecule has 0 aliphatic rings. The van der Waals surface area contributed by atoms with Gasteiger partial charge in [-0.2, -0.15) is 0 Å². The van der Waals surface area contributed by atoms with Gasteiger partial charge in [-0.3, -0.25) is 0 Å². The minimum atomic E-state index is 0.249. The van der Waals surface area contributed by atoms with Crippen molar-refractivity contribution < 1.29 is 0 Å². The molecule has 0 bridgehead atoms. The predicted octanol–water partition coefficient (Wildman–Crippen LogP) is 4.67. The molecule has 0 fully saturated rings. The van der Waals surface area contributed by atoms with Crippen LogP contribution in [0.25, 0.3) is 0 Å². The molecule has 1 nitrogen and oxygen atoms in total. The highest BCUT2D eigenvalue weighted by Crippen LogP contribution is 2.29. The summed E-state index contributed by atoms with van der Waals surface area (Å²) in [5, 5.41) is 6.24. The molecule has 0 saturated heterocycles. The fourth-order valence-electron chi connectivity index (χ4n) is 1.78. The van der Waals surface area contributed by atoms with Crippen LogP contribution < -0.4 is 5.32 Å². The lowest BCUT2D eigenvalue weighted by Crippen LogP contribution is -2.18. The average molecular weight is 331 g/mol. The van der Waals surface area contributed by atoms with Gasteiger partial charge in [0.1, 0.15) is 0 Å². The molecule has 1 unspecified atom stereocenters. The summed E-state index contributed by atoms with van der Waals surface area (Å²) in [4.78, 5) is 1.36. The molecule has 1 aromatic heterocycles. The van der Waals surface area contributed by atoms with Crippen LogP contribution >= 0.6 is 38.9 Å².